The van der Waals surface area contributed by atoms with Crippen molar-refractivity contribution in [1.82, 2.24) is 0 Å². The fourth-order valence-electron chi connectivity index (χ4n) is 1.88. The molecule has 21 heavy (non-hydrogen) atoms. The fraction of sp³-hybridized carbons (Fsp3) is 0.600. The minimum absolute atomic E-state index is 0.0149. The number of hydrogen-bond acceptors (Lipinski definition) is 5. The van der Waals surface area contributed by atoms with Crippen LogP contribution in [0.5, 0.6) is 5.75 Å². The lowest BCUT2D eigenvalue weighted by atomic mass is 10.2. The molecule has 0 radical (unpaired) electrons. The van der Waals surface area contributed by atoms with E-state index >= 15 is 0 Å². The number of nitrogens with two attached hydrogens (primary N) is 1. The number of para-hydroxylation sites is 1. The molecule has 0 heterocycles. The number of aliphatic hydroxyl groups excluding tert-OH is 1. The van der Waals surface area contributed by atoms with Crippen LogP contribution in [0.1, 0.15) is 26.3 Å². The lowest BCUT2D eigenvalue weighted by Crippen LogP contribution is -2.34. The molecule has 0 aliphatic carbocycles. The molecule has 0 spiro atoms. The van der Waals surface area contributed by atoms with Gasteiger partial charge in [0.2, 0.25) is 0 Å². The Hall–Kier alpha value is -1.11. The van der Waals surface area contributed by atoms with E-state index in [-0.39, 0.29) is 18.3 Å². The minimum Gasteiger partial charge on any atom is -0.491 e. The van der Waals surface area contributed by atoms with E-state index in [1.807, 2.05) is 26.0 Å². The first kappa shape index (κ1) is 17.9. The second kappa shape index (κ2) is 7.77. The van der Waals surface area contributed by atoms with Gasteiger partial charge in [-0.05, 0) is 18.9 Å². The maximum Gasteiger partial charge on any atom is 0.155 e. The summed E-state index contributed by atoms with van der Waals surface area (Å²) in [5.41, 5.74) is 6.42. The number of benzene rings is 1. The molecule has 1 rings (SSSR count). The van der Waals surface area contributed by atoms with Gasteiger partial charge in [-0.25, -0.2) is 8.42 Å². The molecule has 0 aliphatic rings. The van der Waals surface area contributed by atoms with Gasteiger partial charge in [0.05, 0.1) is 11.0 Å². The van der Waals surface area contributed by atoms with E-state index < -0.39 is 21.2 Å². The van der Waals surface area contributed by atoms with E-state index in [0.717, 1.165) is 5.56 Å². The molecule has 0 saturated carbocycles. The first-order chi connectivity index (χ1) is 9.77. The molecule has 3 N–H and O–H groups in total. The van der Waals surface area contributed by atoms with Gasteiger partial charge in [0, 0.05) is 12.1 Å². The molecule has 0 fully saturated rings. The van der Waals surface area contributed by atoms with E-state index in [1.165, 1.54) is 0 Å². The molecule has 0 bridgehead atoms. The summed E-state index contributed by atoms with van der Waals surface area (Å²) in [5, 5.41) is 9.42. The zero-order valence-corrected chi connectivity index (χ0v) is 13.6. The maximum absolute atomic E-state index is 12.1. The summed E-state index contributed by atoms with van der Waals surface area (Å²) in [6.45, 7) is 5.62. The van der Waals surface area contributed by atoms with Crippen molar-refractivity contribution in [3.63, 3.8) is 0 Å². The smallest absolute Gasteiger partial charge is 0.155 e. The molecule has 0 saturated heterocycles. The predicted molar refractivity (Wildman–Crippen MR) is 83.9 cm³/mol. The van der Waals surface area contributed by atoms with Crippen LogP contribution >= 0.6 is 0 Å². The Labute approximate surface area is 127 Å². The van der Waals surface area contributed by atoms with Crippen LogP contribution in [-0.4, -0.2) is 37.2 Å². The SMILES string of the molecule is CC(C)C(C)S(=O)(=O)CC(O)COc1ccccc1CN. The average molecular weight is 315 g/mol. The number of sulfone groups is 1. The third kappa shape index (κ3) is 5.30. The van der Waals surface area contributed by atoms with E-state index in [0.29, 0.717) is 12.3 Å². The van der Waals surface area contributed by atoms with E-state index in [4.69, 9.17) is 10.5 Å². The van der Waals surface area contributed by atoms with Crippen LogP contribution in [0.4, 0.5) is 0 Å². The van der Waals surface area contributed by atoms with Crippen molar-refractivity contribution < 1.29 is 18.3 Å². The Bertz CT molecular complexity index is 542. The third-order valence-electron chi connectivity index (χ3n) is 3.55. The molecule has 1 aromatic carbocycles. The second-order valence-electron chi connectivity index (χ2n) is 5.56. The van der Waals surface area contributed by atoms with Crippen molar-refractivity contribution in [2.45, 2.75) is 38.7 Å². The average Bonchev–Trinajstić information content (AvgIpc) is 2.43. The maximum atomic E-state index is 12.1. The van der Waals surface area contributed by atoms with Crippen LogP contribution in [0.3, 0.4) is 0 Å². The molecule has 0 aromatic heterocycles. The first-order valence-electron chi connectivity index (χ1n) is 7.08. The highest BCUT2D eigenvalue weighted by Crippen LogP contribution is 2.18. The molecule has 6 heteroatoms. The lowest BCUT2D eigenvalue weighted by molar-refractivity contribution is 0.124. The van der Waals surface area contributed by atoms with Gasteiger partial charge in [-0.15, -0.1) is 0 Å². The summed E-state index contributed by atoms with van der Waals surface area (Å²) in [6.07, 6.45) is -1.05. The summed E-state index contributed by atoms with van der Waals surface area (Å²) in [6, 6.07) is 7.23. The fourth-order valence-corrected chi connectivity index (χ4v) is 3.65. The highest BCUT2D eigenvalue weighted by molar-refractivity contribution is 7.92. The lowest BCUT2D eigenvalue weighted by Gasteiger charge is -2.19. The van der Waals surface area contributed by atoms with Crippen molar-refractivity contribution in [1.29, 1.82) is 0 Å². The molecule has 2 atom stereocenters. The third-order valence-corrected chi connectivity index (χ3v) is 6.08. The van der Waals surface area contributed by atoms with Gasteiger partial charge < -0.3 is 15.6 Å². The Balaban J connectivity index is 2.60. The Morgan fingerprint density at radius 3 is 2.43 bits per heavy atom. The quantitative estimate of drug-likeness (QED) is 0.755. The van der Waals surface area contributed by atoms with E-state index in [2.05, 4.69) is 0 Å². The Kier molecular flexibility index (Phi) is 6.64. The van der Waals surface area contributed by atoms with Crippen LogP contribution in [0.2, 0.25) is 0 Å². The van der Waals surface area contributed by atoms with Crippen molar-refractivity contribution in [2.24, 2.45) is 11.7 Å². The van der Waals surface area contributed by atoms with Gasteiger partial charge in [-0.2, -0.15) is 0 Å². The van der Waals surface area contributed by atoms with Crippen molar-refractivity contribution in [3.8, 4) is 5.75 Å². The summed E-state index contributed by atoms with van der Waals surface area (Å²) in [4.78, 5) is 0. The predicted octanol–water partition coefficient (Wildman–Crippen LogP) is 1.34. The number of rotatable bonds is 8. The van der Waals surface area contributed by atoms with Gasteiger partial charge >= 0.3 is 0 Å². The van der Waals surface area contributed by atoms with Gasteiger partial charge in [0.1, 0.15) is 18.5 Å². The van der Waals surface area contributed by atoms with Gasteiger partial charge in [0.25, 0.3) is 0 Å². The van der Waals surface area contributed by atoms with Crippen LogP contribution in [-0.2, 0) is 16.4 Å². The highest BCUT2D eigenvalue weighted by atomic mass is 32.2. The summed E-state index contributed by atoms with van der Waals surface area (Å²) < 4.78 is 29.6. The molecule has 1 aromatic rings. The van der Waals surface area contributed by atoms with Gasteiger partial charge in [0.15, 0.2) is 9.84 Å². The topological polar surface area (TPSA) is 89.6 Å². The summed E-state index contributed by atoms with van der Waals surface area (Å²) >= 11 is 0. The number of hydrogen-bond donors (Lipinski definition) is 2. The Morgan fingerprint density at radius 1 is 1.24 bits per heavy atom. The van der Waals surface area contributed by atoms with Crippen molar-refractivity contribution in [2.75, 3.05) is 12.4 Å². The first-order valence-corrected chi connectivity index (χ1v) is 8.80. The van der Waals surface area contributed by atoms with Crippen LogP contribution < -0.4 is 10.5 Å². The Morgan fingerprint density at radius 2 is 1.86 bits per heavy atom. The number of aliphatic hydroxyl groups is 1. The van der Waals surface area contributed by atoms with E-state index in [1.54, 1.807) is 19.1 Å². The van der Waals surface area contributed by atoms with Crippen LogP contribution in [0, 0.1) is 5.92 Å². The highest BCUT2D eigenvalue weighted by Gasteiger charge is 2.27. The van der Waals surface area contributed by atoms with Crippen LogP contribution in [0.15, 0.2) is 24.3 Å². The minimum atomic E-state index is -3.33. The van der Waals surface area contributed by atoms with Crippen LogP contribution in [0.25, 0.3) is 0 Å². The summed E-state index contributed by atoms with van der Waals surface area (Å²) in [7, 11) is -3.33. The molecule has 0 amide bonds. The molecular formula is C15H25NO4S. The normalized spacial score (nSPS) is 15.0. The molecule has 120 valence electrons. The monoisotopic (exact) mass is 315 g/mol. The van der Waals surface area contributed by atoms with Crippen molar-refractivity contribution in [3.05, 3.63) is 29.8 Å². The standard InChI is InChI=1S/C15H25NO4S/c1-11(2)12(3)21(18,19)10-14(17)9-20-15-7-5-4-6-13(15)8-16/h4-7,11-12,14,17H,8-10,16H2,1-3H3. The zero-order chi connectivity index (χ0) is 16.0. The second-order valence-corrected chi connectivity index (χ2v) is 7.96. The van der Waals surface area contributed by atoms with Crippen molar-refractivity contribution >= 4 is 9.84 Å². The number of ether oxygens (including phenoxy) is 1. The summed E-state index contributed by atoms with van der Waals surface area (Å²) in [5.74, 6) is 0.298. The van der Waals surface area contributed by atoms with Gasteiger partial charge in [-0.1, -0.05) is 32.0 Å². The van der Waals surface area contributed by atoms with E-state index in [9.17, 15) is 13.5 Å². The van der Waals surface area contributed by atoms with Gasteiger partial charge in [-0.3, -0.25) is 0 Å². The molecule has 5 nitrogen and oxygen atoms in total. The molecule has 0 aliphatic heterocycles. The largest absolute Gasteiger partial charge is 0.491 e. The zero-order valence-electron chi connectivity index (χ0n) is 12.8. The molecular weight excluding hydrogens is 290 g/mol. The molecule has 2 unspecified atom stereocenters.